The molecule has 0 saturated carbocycles. The topological polar surface area (TPSA) is 88.6 Å². The summed E-state index contributed by atoms with van der Waals surface area (Å²) in [4.78, 5) is 42.5. The molecule has 1 aliphatic rings. The molecule has 0 spiro atoms. The molecular formula is C19H15N3O4S. The molecule has 3 amide bonds. The largest absolute Gasteiger partial charge is 0.494 e. The molecule has 8 heteroatoms. The Bertz CT molecular complexity index is 1070. The van der Waals surface area contributed by atoms with Crippen molar-refractivity contribution < 1.29 is 19.1 Å². The number of anilines is 1. The average Bonchev–Trinajstić information content (AvgIpc) is 3.18. The predicted molar refractivity (Wildman–Crippen MR) is 101 cm³/mol. The van der Waals surface area contributed by atoms with E-state index in [-0.39, 0.29) is 6.54 Å². The molecule has 1 aromatic heterocycles. The lowest BCUT2D eigenvalue weighted by Crippen LogP contribution is -2.37. The molecule has 0 fully saturated rings. The van der Waals surface area contributed by atoms with Crippen molar-refractivity contribution in [3.05, 3.63) is 53.1 Å². The van der Waals surface area contributed by atoms with Crippen LogP contribution in [0.2, 0.25) is 0 Å². The second kappa shape index (κ2) is 6.48. The molecule has 1 N–H and O–H groups in total. The number of benzene rings is 2. The minimum atomic E-state index is -0.486. The van der Waals surface area contributed by atoms with Crippen LogP contribution in [0.25, 0.3) is 10.2 Å². The Morgan fingerprint density at radius 2 is 1.81 bits per heavy atom. The summed E-state index contributed by atoms with van der Waals surface area (Å²) < 4.78 is 6.21. The normalized spacial score (nSPS) is 13.2. The fourth-order valence-corrected chi connectivity index (χ4v) is 3.98. The van der Waals surface area contributed by atoms with Crippen LogP contribution in [0.5, 0.6) is 5.75 Å². The van der Waals surface area contributed by atoms with Crippen LogP contribution in [0.1, 0.15) is 26.3 Å². The Labute approximate surface area is 158 Å². The summed E-state index contributed by atoms with van der Waals surface area (Å²) in [6.07, 6.45) is 0. The molecule has 0 aliphatic carbocycles. The van der Waals surface area contributed by atoms with Gasteiger partial charge in [-0.15, -0.1) is 0 Å². The van der Waals surface area contributed by atoms with E-state index in [0.717, 1.165) is 15.2 Å². The summed E-state index contributed by atoms with van der Waals surface area (Å²) in [5, 5.41) is 3.06. The van der Waals surface area contributed by atoms with Gasteiger partial charge in [0.1, 0.15) is 17.8 Å². The van der Waals surface area contributed by atoms with Gasteiger partial charge in [0.05, 0.1) is 22.9 Å². The SMILES string of the molecule is COc1ccc(C)c2sc(NC(=O)CN3C(=O)c4ccccc4C3=O)nc12. The molecule has 27 heavy (non-hydrogen) atoms. The van der Waals surface area contributed by atoms with Gasteiger partial charge >= 0.3 is 0 Å². The van der Waals surface area contributed by atoms with E-state index in [2.05, 4.69) is 10.3 Å². The number of hydrogen-bond donors (Lipinski definition) is 1. The predicted octanol–water partition coefficient (Wildman–Crippen LogP) is 2.85. The fourth-order valence-electron chi connectivity index (χ4n) is 3.01. The van der Waals surface area contributed by atoms with Crippen LogP contribution in [0.15, 0.2) is 36.4 Å². The number of carbonyl (C=O) groups is 3. The minimum Gasteiger partial charge on any atom is -0.494 e. The highest BCUT2D eigenvalue weighted by atomic mass is 32.1. The van der Waals surface area contributed by atoms with Crippen molar-refractivity contribution in [2.24, 2.45) is 0 Å². The molecular weight excluding hydrogens is 366 g/mol. The number of aromatic nitrogens is 1. The number of carbonyl (C=O) groups excluding carboxylic acids is 3. The highest BCUT2D eigenvalue weighted by Gasteiger charge is 2.36. The zero-order chi connectivity index (χ0) is 19.1. The maximum atomic E-state index is 12.4. The number of rotatable bonds is 4. The second-order valence-corrected chi connectivity index (χ2v) is 7.07. The maximum absolute atomic E-state index is 12.4. The lowest BCUT2D eigenvalue weighted by Gasteiger charge is -2.12. The first-order chi connectivity index (χ1) is 13.0. The van der Waals surface area contributed by atoms with Gasteiger partial charge in [-0.05, 0) is 30.7 Å². The standard InChI is InChI=1S/C19H15N3O4S/c1-10-7-8-13(26-2)15-16(10)27-19(21-15)20-14(23)9-22-17(24)11-5-3-4-6-12(11)18(22)25/h3-8H,9H2,1-2H3,(H,20,21,23). The third kappa shape index (κ3) is 2.83. The first kappa shape index (κ1) is 17.2. The first-order valence-electron chi connectivity index (χ1n) is 8.19. The van der Waals surface area contributed by atoms with E-state index < -0.39 is 17.7 Å². The first-order valence-corrected chi connectivity index (χ1v) is 9.00. The van der Waals surface area contributed by atoms with Crippen LogP contribution in [-0.2, 0) is 4.79 Å². The van der Waals surface area contributed by atoms with Gasteiger partial charge in [0.15, 0.2) is 5.13 Å². The Balaban J connectivity index is 1.54. The summed E-state index contributed by atoms with van der Waals surface area (Å²) in [6, 6.07) is 10.3. The van der Waals surface area contributed by atoms with E-state index in [9.17, 15) is 14.4 Å². The van der Waals surface area contributed by atoms with Crippen LogP contribution in [0.3, 0.4) is 0 Å². The molecule has 7 nitrogen and oxygen atoms in total. The zero-order valence-electron chi connectivity index (χ0n) is 14.6. The maximum Gasteiger partial charge on any atom is 0.262 e. The van der Waals surface area contributed by atoms with Crippen molar-refractivity contribution in [3.8, 4) is 5.75 Å². The second-order valence-electron chi connectivity index (χ2n) is 6.07. The zero-order valence-corrected chi connectivity index (χ0v) is 15.4. The fraction of sp³-hybridized carbons (Fsp3) is 0.158. The molecule has 3 aromatic rings. The number of nitrogens with one attached hydrogen (secondary N) is 1. The van der Waals surface area contributed by atoms with E-state index in [1.807, 2.05) is 19.1 Å². The van der Waals surface area contributed by atoms with E-state index in [1.165, 1.54) is 11.3 Å². The average molecular weight is 381 g/mol. The van der Waals surface area contributed by atoms with Crippen LogP contribution in [0, 0.1) is 6.92 Å². The van der Waals surface area contributed by atoms with Gasteiger partial charge < -0.3 is 10.1 Å². The number of thiazole rings is 1. The van der Waals surface area contributed by atoms with E-state index >= 15 is 0 Å². The summed E-state index contributed by atoms with van der Waals surface area (Å²) in [6.45, 7) is 1.59. The monoisotopic (exact) mass is 381 g/mol. The Hall–Kier alpha value is -3.26. The van der Waals surface area contributed by atoms with Gasteiger partial charge in [0, 0.05) is 0 Å². The third-order valence-corrected chi connectivity index (χ3v) is 5.46. The van der Waals surface area contributed by atoms with E-state index in [0.29, 0.717) is 27.5 Å². The third-order valence-electron chi connectivity index (χ3n) is 4.35. The Morgan fingerprint density at radius 3 is 2.44 bits per heavy atom. The number of hydrogen-bond acceptors (Lipinski definition) is 6. The molecule has 2 heterocycles. The Kier molecular flexibility index (Phi) is 4.12. The van der Waals surface area contributed by atoms with Gasteiger partial charge in [-0.2, -0.15) is 0 Å². The van der Waals surface area contributed by atoms with Gasteiger partial charge in [-0.1, -0.05) is 29.5 Å². The summed E-state index contributed by atoms with van der Waals surface area (Å²) in [5.41, 5.74) is 2.31. The van der Waals surface area contributed by atoms with Gasteiger partial charge in [-0.25, -0.2) is 4.98 Å². The number of nitrogens with zero attached hydrogens (tertiary/aromatic N) is 2. The van der Waals surface area contributed by atoms with Crippen molar-refractivity contribution >= 4 is 44.4 Å². The number of fused-ring (bicyclic) bond motifs is 2. The minimum absolute atomic E-state index is 0.315. The lowest BCUT2D eigenvalue weighted by molar-refractivity contribution is -0.116. The van der Waals surface area contributed by atoms with Crippen LogP contribution >= 0.6 is 11.3 Å². The van der Waals surface area contributed by atoms with Crippen LogP contribution < -0.4 is 10.1 Å². The van der Waals surface area contributed by atoms with E-state index in [1.54, 1.807) is 31.4 Å². The number of amides is 3. The number of aryl methyl sites for hydroxylation is 1. The Morgan fingerprint density at radius 1 is 1.15 bits per heavy atom. The van der Waals surface area contributed by atoms with Crippen molar-refractivity contribution in [1.82, 2.24) is 9.88 Å². The number of methoxy groups -OCH3 is 1. The molecule has 4 rings (SSSR count). The van der Waals surface area contributed by atoms with Crippen LogP contribution in [0.4, 0.5) is 5.13 Å². The molecule has 1 aliphatic heterocycles. The van der Waals surface area contributed by atoms with Gasteiger partial charge in [0.25, 0.3) is 11.8 Å². The lowest BCUT2D eigenvalue weighted by atomic mass is 10.1. The number of ether oxygens (including phenoxy) is 1. The van der Waals surface area contributed by atoms with Gasteiger partial charge in [-0.3, -0.25) is 19.3 Å². The summed E-state index contributed by atoms with van der Waals surface area (Å²) >= 11 is 1.32. The van der Waals surface area contributed by atoms with Crippen LogP contribution in [-0.4, -0.2) is 41.3 Å². The quantitative estimate of drug-likeness (QED) is 0.702. The summed E-state index contributed by atoms with van der Waals surface area (Å²) in [7, 11) is 1.56. The smallest absolute Gasteiger partial charge is 0.262 e. The number of imide groups is 1. The molecule has 0 radical (unpaired) electrons. The van der Waals surface area contributed by atoms with E-state index in [4.69, 9.17) is 4.74 Å². The van der Waals surface area contributed by atoms with Crippen molar-refractivity contribution in [2.45, 2.75) is 6.92 Å². The molecule has 136 valence electrons. The molecule has 0 unspecified atom stereocenters. The molecule has 0 bridgehead atoms. The molecule has 2 aromatic carbocycles. The molecule has 0 atom stereocenters. The highest BCUT2D eigenvalue weighted by Crippen LogP contribution is 2.34. The van der Waals surface area contributed by atoms with Crippen molar-refractivity contribution in [3.63, 3.8) is 0 Å². The molecule has 0 saturated heterocycles. The van der Waals surface area contributed by atoms with Crippen molar-refractivity contribution in [1.29, 1.82) is 0 Å². The summed E-state index contributed by atoms with van der Waals surface area (Å²) in [5.74, 6) is -0.798. The van der Waals surface area contributed by atoms with Crippen molar-refractivity contribution in [2.75, 3.05) is 19.0 Å². The van der Waals surface area contributed by atoms with Gasteiger partial charge in [0.2, 0.25) is 5.91 Å². The highest BCUT2D eigenvalue weighted by molar-refractivity contribution is 7.22.